The molecule has 26 heavy (non-hydrogen) atoms. The Kier molecular flexibility index (Phi) is 4.01. The van der Waals surface area contributed by atoms with Gasteiger partial charge < -0.3 is 13.9 Å². The van der Waals surface area contributed by atoms with Gasteiger partial charge in [-0.05, 0) is 42.5 Å². The second kappa shape index (κ2) is 6.48. The Morgan fingerprint density at radius 1 is 0.846 bits per heavy atom. The van der Waals surface area contributed by atoms with Gasteiger partial charge in [0.25, 0.3) is 0 Å². The average molecular weight is 354 g/mol. The molecule has 0 atom stereocenters. The van der Waals surface area contributed by atoms with Gasteiger partial charge in [-0.2, -0.15) is 8.78 Å². The van der Waals surface area contributed by atoms with Gasteiger partial charge in [0.2, 0.25) is 0 Å². The number of ether oxygens (including phenoxy) is 2. The van der Waals surface area contributed by atoms with Crippen LogP contribution in [0.4, 0.5) is 8.78 Å². The molecular weight excluding hydrogens is 342 g/mol. The molecular formula is C20H12F2O4. The first kappa shape index (κ1) is 16.1. The van der Waals surface area contributed by atoms with Crippen molar-refractivity contribution in [1.29, 1.82) is 0 Å². The normalized spacial score (nSPS) is 11.2. The predicted molar refractivity (Wildman–Crippen MR) is 91.8 cm³/mol. The molecule has 0 saturated heterocycles. The minimum atomic E-state index is -2.96. The third kappa shape index (κ3) is 3.09. The first-order valence-electron chi connectivity index (χ1n) is 7.78. The fourth-order valence-electron chi connectivity index (χ4n) is 2.73. The summed E-state index contributed by atoms with van der Waals surface area (Å²) in [5.41, 5.74) is 1.53. The van der Waals surface area contributed by atoms with E-state index in [1.807, 2.05) is 24.3 Å². The largest absolute Gasteiger partial charge is 0.456 e. The zero-order valence-corrected chi connectivity index (χ0v) is 13.3. The number of esters is 1. The second-order valence-corrected chi connectivity index (χ2v) is 5.55. The molecule has 3 aromatic carbocycles. The third-order valence-electron chi connectivity index (χ3n) is 3.85. The number of alkyl halides is 2. The summed E-state index contributed by atoms with van der Waals surface area (Å²) in [7, 11) is 0. The van der Waals surface area contributed by atoms with Crippen molar-refractivity contribution >= 4 is 27.9 Å². The van der Waals surface area contributed by atoms with Crippen molar-refractivity contribution in [3.63, 3.8) is 0 Å². The lowest BCUT2D eigenvalue weighted by atomic mass is 10.1. The van der Waals surface area contributed by atoms with E-state index >= 15 is 0 Å². The van der Waals surface area contributed by atoms with Crippen molar-refractivity contribution in [2.75, 3.05) is 0 Å². The topological polar surface area (TPSA) is 48.7 Å². The lowest BCUT2D eigenvalue weighted by Crippen LogP contribution is -2.09. The van der Waals surface area contributed by atoms with Crippen molar-refractivity contribution < 1.29 is 27.5 Å². The number of hydrogen-bond donors (Lipinski definition) is 0. The van der Waals surface area contributed by atoms with Crippen LogP contribution in [0.25, 0.3) is 21.9 Å². The standard InChI is InChI=1S/C20H12F2O4/c21-20(22)25-13-5-3-4-12(10-13)19(23)24-14-8-9-18-16(11-14)15-6-1-2-7-17(15)26-18/h1-11,20H. The maximum absolute atomic E-state index is 12.3. The van der Waals surface area contributed by atoms with Gasteiger partial charge in [-0.1, -0.05) is 24.3 Å². The number of para-hydroxylation sites is 1. The number of fused-ring (bicyclic) bond motifs is 3. The Bertz CT molecular complexity index is 1100. The van der Waals surface area contributed by atoms with Gasteiger partial charge in [0.1, 0.15) is 22.7 Å². The summed E-state index contributed by atoms with van der Waals surface area (Å²) >= 11 is 0. The molecule has 4 nitrogen and oxygen atoms in total. The molecule has 0 fully saturated rings. The number of carbonyl (C=O) groups is 1. The summed E-state index contributed by atoms with van der Waals surface area (Å²) in [5.74, 6) is -0.447. The molecule has 0 aliphatic carbocycles. The third-order valence-corrected chi connectivity index (χ3v) is 3.85. The van der Waals surface area contributed by atoms with E-state index in [-0.39, 0.29) is 11.3 Å². The van der Waals surface area contributed by atoms with Crippen LogP contribution in [-0.4, -0.2) is 12.6 Å². The molecule has 1 heterocycles. The molecule has 4 aromatic rings. The summed E-state index contributed by atoms with van der Waals surface area (Å²) in [6.07, 6.45) is 0. The minimum absolute atomic E-state index is 0.106. The molecule has 0 saturated carbocycles. The molecule has 1 aromatic heterocycles. The van der Waals surface area contributed by atoms with Crippen molar-refractivity contribution in [2.45, 2.75) is 6.61 Å². The maximum Gasteiger partial charge on any atom is 0.387 e. The van der Waals surface area contributed by atoms with E-state index < -0.39 is 12.6 Å². The first-order chi connectivity index (χ1) is 12.6. The van der Waals surface area contributed by atoms with Gasteiger partial charge in [-0.3, -0.25) is 0 Å². The summed E-state index contributed by atoms with van der Waals surface area (Å²) in [4.78, 5) is 12.3. The predicted octanol–water partition coefficient (Wildman–Crippen LogP) is 5.41. The van der Waals surface area contributed by atoms with E-state index in [1.165, 1.54) is 24.3 Å². The molecule has 0 aliphatic rings. The number of hydrogen-bond acceptors (Lipinski definition) is 4. The van der Waals surface area contributed by atoms with E-state index in [0.717, 1.165) is 16.4 Å². The first-order valence-corrected chi connectivity index (χ1v) is 7.78. The Labute approximate surface area is 146 Å². The highest BCUT2D eigenvalue weighted by Gasteiger charge is 2.13. The zero-order valence-electron chi connectivity index (χ0n) is 13.3. The van der Waals surface area contributed by atoms with Gasteiger partial charge in [0, 0.05) is 10.8 Å². The molecule has 0 spiro atoms. The minimum Gasteiger partial charge on any atom is -0.456 e. The van der Waals surface area contributed by atoms with Crippen LogP contribution in [0, 0.1) is 0 Å². The molecule has 130 valence electrons. The van der Waals surface area contributed by atoms with Gasteiger partial charge in [0.15, 0.2) is 0 Å². The van der Waals surface area contributed by atoms with Gasteiger partial charge in [-0.25, -0.2) is 4.79 Å². The number of carbonyl (C=O) groups excluding carboxylic acids is 1. The molecule has 0 bridgehead atoms. The summed E-state index contributed by atoms with van der Waals surface area (Å²) in [5, 5.41) is 1.73. The van der Waals surface area contributed by atoms with Gasteiger partial charge >= 0.3 is 12.6 Å². The number of furan rings is 1. The fourth-order valence-corrected chi connectivity index (χ4v) is 2.73. The number of halogens is 2. The van der Waals surface area contributed by atoms with Crippen LogP contribution in [-0.2, 0) is 0 Å². The summed E-state index contributed by atoms with van der Waals surface area (Å²) < 4.78 is 40.0. The van der Waals surface area contributed by atoms with Crippen LogP contribution >= 0.6 is 0 Å². The monoisotopic (exact) mass is 354 g/mol. The van der Waals surface area contributed by atoms with Gasteiger partial charge in [-0.15, -0.1) is 0 Å². The fraction of sp³-hybridized carbons (Fsp3) is 0.0500. The number of benzene rings is 3. The smallest absolute Gasteiger partial charge is 0.387 e. The maximum atomic E-state index is 12.3. The van der Waals surface area contributed by atoms with Crippen molar-refractivity contribution in [1.82, 2.24) is 0 Å². The van der Waals surface area contributed by atoms with Crippen LogP contribution < -0.4 is 9.47 Å². The molecule has 4 rings (SSSR count). The van der Waals surface area contributed by atoms with Crippen molar-refractivity contribution in [3.05, 3.63) is 72.3 Å². The highest BCUT2D eigenvalue weighted by Crippen LogP contribution is 2.31. The summed E-state index contributed by atoms with van der Waals surface area (Å²) in [6.45, 7) is -2.96. The van der Waals surface area contributed by atoms with Crippen LogP contribution in [0.5, 0.6) is 11.5 Å². The Balaban J connectivity index is 1.62. The van der Waals surface area contributed by atoms with Crippen LogP contribution in [0.15, 0.2) is 71.1 Å². The van der Waals surface area contributed by atoms with Gasteiger partial charge in [0.05, 0.1) is 5.56 Å². The molecule has 0 N–H and O–H groups in total. The van der Waals surface area contributed by atoms with E-state index in [4.69, 9.17) is 9.15 Å². The Morgan fingerprint density at radius 3 is 2.50 bits per heavy atom. The Morgan fingerprint density at radius 2 is 1.65 bits per heavy atom. The number of rotatable bonds is 4. The quantitative estimate of drug-likeness (QED) is 0.363. The van der Waals surface area contributed by atoms with E-state index in [1.54, 1.807) is 18.2 Å². The summed E-state index contributed by atoms with van der Waals surface area (Å²) in [6, 6.07) is 18.0. The van der Waals surface area contributed by atoms with Crippen molar-refractivity contribution in [2.24, 2.45) is 0 Å². The molecule has 0 aliphatic heterocycles. The van der Waals surface area contributed by atoms with E-state index in [0.29, 0.717) is 11.3 Å². The van der Waals surface area contributed by atoms with Crippen LogP contribution in [0.3, 0.4) is 0 Å². The van der Waals surface area contributed by atoms with Crippen LogP contribution in [0.1, 0.15) is 10.4 Å². The van der Waals surface area contributed by atoms with Crippen LogP contribution in [0.2, 0.25) is 0 Å². The molecule has 0 unspecified atom stereocenters. The Hall–Kier alpha value is -3.41. The molecule has 0 radical (unpaired) electrons. The van der Waals surface area contributed by atoms with Crippen molar-refractivity contribution in [3.8, 4) is 11.5 Å². The van der Waals surface area contributed by atoms with E-state index in [9.17, 15) is 13.6 Å². The SMILES string of the molecule is O=C(Oc1ccc2oc3ccccc3c2c1)c1cccc(OC(F)F)c1. The molecule has 0 amide bonds. The average Bonchev–Trinajstić information content (AvgIpc) is 2.99. The highest BCUT2D eigenvalue weighted by atomic mass is 19.3. The lowest BCUT2D eigenvalue weighted by Gasteiger charge is -2.07. The molecule has 6 heteroatoms. The zero-order chi connectivity index (χ0) is 18.1. The highest BCUT2D eigenvalue weighted by molar-refractivity contribution is 6.05. The second-order valence-electron chi connectivity index (χ2n) is 5.55. The lowest BCUT2D eigenvalue weighted by molar-refractivity contribution is -0.0499. The van der Waals surface area contributed by atoms with E-state index in [2.05, 4.69) is 4.74 Å².